The first kappa shape index (κ1) is 16.8. The summed E-state index contributed by atoms with van der Waals surface area (Å²) < 4.78 is 18.5. The van der Waals surface area contributed by atoms with Crippen molar-refractivity contribution in [2.24, 2.45) is 0 Å². The minimum atomic E-state index is -0.544. The van der Waals surface area contributed by atoms with Crippen molar-refractivity contribution in [2.75, 3.05) is 5.32 Å². The van der Waals surface area contributed by atoms with E-state index in [0.717, 1.165) is 0 Å². The van der Waals surface area contributed by atoms with Gasteiger partial charge in [0.1, 0.15) is 5.82 Å². The van der Waals surface area contributed by atoms with E-state index < -0.39 is 5.97 Å². The molecule has 1 atom stereocenters. The van der Waals surface area contributed by atoms with Gasteiger partial charge in [-0.3, -0.25) is 0 Å². The van der Waals surface area contributed by atoms with Crippen molar-refractivity contribution < 1.29 is 13.9 Å². The molecule has 128 valence electrons. The number of benzene rings is 2. The average Bonchev–Trinajstić information content (AvgIpc) is 2.62. The fraction of sp³-hybridized carbons (Fsp3) is 0.211. The van der Waals surface area contributed by atoms with Crippen LogP contribution in [0.1, 0.15) is 30.8 Å². The molecule has 0 radical (unpaired) electrons. The van der Waals surface area contributed by atoms with E-state index in [0.29, 0.717) is 23.1 Å². The summed E-state index contributed by atoms with van der Waals surface area (Å²) >= 11 is 0. The van der Waals surface area contributed by atoms with Gasteiger partial charge in [0, 0.05) is 5.69 Å². The number of carbonyl (C=O) groups is 1. The minimum absolute atomic E-state index is 0.100. The summed E-state index contributed by atoms with van der Waals surface area (Å²) in [5, 5.41) is 3.02. The first-order chi connectivity index (χ1) is 12.1. The zero-order chi connectivity index (χ0) is 17.8. The van der Waals surface area contributed by atoms with E-state index in [1.54, 1.807) is 18.2 Å². The van der Waals surface area contributed by atoms with Crippen LogP contribution in [-0.2, 0) is 4.74 Å². The summed E-state index contributed by atoms with van der Waals surface area (Å²) in [5.74, 6) is -0.609. The lowest BCUT2D eigenvalue weighted by molar-refractivity contribution is 0.0329. The second-order valence-electron chi connectivity index (χ2n) is 5.67. The number of aromatic nitrogens is 2. The molecule has 0 saturated carbocycles. The molecule has 1 N–H and O–H groups in total. The van der Waals surface area contributed by atoms with Gasteiger partial charge in [-0.15, -0.1) is 0 Å². The molecule has 0 bridgehead atoms. The maximum absolute atomic E-state index is 13.1. The van der Waals surface area contributed by atoms with Gasteiger partial charge in [-0.1, -0.05) is 19.1 Å². The maximum atomic E-state index is 13.1. The van der Waals surface area contributed by atoms with Crippen molar-refractivity contribution >= 4 is 28.5 Å². The molecule has 0 amide bonds. The van der Waals surface area contributed by atoms with Crippen LogP contribution in [0.5, 0.6) is 0 Å². The van der Waals surface area contributed by atoms with E-state index in [1.165, 1.54) is 12.1 Å². The smallest absolute Gasteiger partial charge is 0.361 e. The zero-order valence-corrected chi connectivity index (χ0v) is 14.0. The number of ether oxygens (including phenoxy) is 1. The summed E-state index contributed by atoms with van der Waals surface area (Å²) in [6.45, 7) is 3.75. The monoisotopic (exact) mass is 339 g/mol. The number of carbonyl (C=O) groups excluding carboxylic acids is 1. The molecule has 3 rings (SSSR count). The molecule has 25 heavy (non-hydrogen) atoms. The second-order valence-corrected chi connectivity index (χ2v) is 5.67. The molecule has 2 aromatic carbocycles. The largest absolute Gasteiger partial charge is 0.458 e. The highest BCUT2D eigenvalue weighted by Gasteiger charge is 2.20. The molecular weight excluding hydrogens is 321 g/mol. The third-order valence-corrected chi connectivity index (χ3v) is 3.75. The van der Waals surface area contributed by atoms with E-state index in [4.69, 9.17) is 4.74 Å². The molecule has 0 aliphatic carbocycles. The van der Waals surface area contributed by atoms with Crippen LogP contribution < -0.4 is 5.32 Å². The topological polar surface area (TPSA) is 64.1 Å². The van der Waals surface area contributed by atoms with Crippen LogP contribution in [0.25, 0.3) is 11.0 Å². The van der Waals surface area contributed by atoms with E-state index >= 15 is 0 Å². The maximum Gasteiger partial charge on any atom is 0.361 e. The SMILES string of the molecule is CCC(C)OC(=O)c1nc2ccccc2nc1Nc1ccc(F)cc1. The normalized spacial score (nSPS) is 12.0. The Morgan fingerprint density at radius 3 is 2.40 bits per heavy atom. The summed E-state index contributed by atoms with van der Waals surface area (Å²) in [6.07, 6.45) is 0.479. The van der Waals surface area contributed by atoms with Crippen molar-refractivity contribution in [3.8, 4) is 0 Å². The number of hydrogen-bond donors (Lipinski definition) is 1. The standard InChI is InChI=1S/C19H18FN3O2/c1-3-12(2)25-19(24)17-18(21-14-10-8-13(20)9-11-14)23-16-7-5-4-6-15(16)22-17/h4-12H,3H2,1-2H3,(H,21,23). The number of hydrogen-bond acceptors (Lipinski definition) is 5. The Labute approximate surface area is 144 Å². The second kappa shape index (κ2) is 7.25. The van der Waals surface area contributed by atoms with Crippen LogP contribution in [0.4, 0.5) is 15.9 Å². The Kier molecular flexibility index (Phi) is 4.88. The van der Waals surface area contributed by atoms with E-state index in [-0.39, 0.29) is 23.4 Å². The van der Waals surface area contributed by atoms with Crippen LogP contribution >= 0.6 is 0 Å². The van der Waals surface area contributed by atoms with Gasteiger partial charge in [0.2, 0.25) is 0 Å². The number of nitrogens with one attached hydrogen (secondary N) is 1. The zero-order valence-electron chi connectivity index (χ0n) is 14.0. The number of para-hydroxylation sites is 2. The molecule has 0 spiro atoms. The number of esters is 1. The molecule has 5 nitrogen and oxygen atoms in total. The first-order valence-electron chi connectivity index (χ1n) is 8.07. The highest BCUT2D eigenvalue weighted by atomic mass is 19.1. The van der Waals surface area contributed by atoms with Crippen molar-refractivity contribution in [1.29, 1.82) is 0 Å². The Balaban J connectivity index is 2.02. The number of nitrogens with zero attached hydrogens (tertiary/aromatic N) is 2. The van der Waals surface area contributed by atoms with Crippen LogP contribution in [0.15, 0.2) is 48.5 Å². The predicted octanol–water partition coefficient (Wildman–Crippen LogP) is 4.47. The van der Waals surface area contributed by atoms with Crippen LogP contribution in [0.3, 0.4) is 0 Å². The van der Waals surface area contributed by atoms with Gasteiger partial charge in [0.05, 0.1) is 17.1 Å². The highest BCUT2D eigenvalue weighted by Crippen LogP contribution is 2.22. The molecule has 0 aliphatic rings. The molecule has 0 fully saturated rings. The van der Waals surface area contributed by atoms with Crippen molar-refractivity contribution in [3.05, 3.63) is 60.0 Å². The highest BCUT2D eigenvalue weighted by molar-refractivity contribution is 5.96. The Bertz CT molecular complexity index is 897. The summed E-state index contributed by atoms with van der Waals surface area (Å²) in [6, 6.07) is 13.0. The van der Waals surface area contributed by atoms with Gasteiger partial charge in [-0.25, -0.2) is 19.2 Å². The molecule has 1 heterocycles. The quantitative estimate of drug-likeness (QED) is 0.695. The summed E-state index contributed by atoms with van der Waals surface area (Å²) in [4.78, 5) is 21.4. The van der Waals surface area contributed by atoms with Crippen molar-refractivity contribution in [1.82, 2.24) is 9.97 Å². The average molecular weight is 339 g/mol. The lowest BCUT2D eigenvalue weighted by Crippen LogP contribution is -2.17. The lowest BCUT2D eigenvalue weighted by Gasteiger charge is -2.14. The Morgan fingerprint density at radius 2 is 1.76 bits per heavy atom. The third kappa shape index (κ3) is 3.91. The fourth-order valence-corrected chi connectivity index (χ4v) is 2.22. The number of halogens is 1. The summed E-state index contributed by atoms with van der Waals surface area (Å²) in [5.41, 5.74) is 1.95. The van der Waals surface area contributed by atoms with Gasteiger partial charge in [0.15, 0.2) is 11.5 Å². The molecule has 1 aromatic heterocycles. The molecule has 1 unspecified atom stereocenters. The van der Waals surface area contributed by atoms with Crippen molar-refractivity contribution in [2.45, 2.75) is 26.4 Å². The molecule has 0 aliphatic heterocycles. The fourth-order valence-electron chi connectivity index (χ4n) is 2.22. The van der Waals surface area contributed by atoms with Crippen LogP contribution in [-0.4, -0.2) is 22.0 Å². The number of anilines is 2. The first-order valence-corrected chi connectivity index (χ1v) is 8.07. The van der Waals surface area contributed by atoms with E-state index in [9.17, 15) is 9.18 Å². The lowest BCUT2D eigenvalue weighted by atomic mass is 10.2. The summed E-state index contributed by atoms with van der Waals surface area (Å²) in [7, 11) is 0. The third-order valence-electron chi connectivity index (χ3n) is 3.75. The molecule has 6 heteroatoms. The van der Waals surface area contributed by atoms with Gasteiger partial charge < -0.3 is 10.1 Å². The van der Waals surface area contributed by atoms with Crippen LogP contribution in [0, 0.1) is 5.82 Å². The molecule has 0 saturated heterocycles. The Hall–Kier alpha value is -3.02. The molecule has 3 aromatic rings. The number of rotatable bonds is 5. The van der Waals surface area contributed by atoms with Crippen LogP contribution in [0.2, 0.25) is 0 Å². The van der Waals surface area contributed by atoms with E-state index in [2.05, 4.69) is 15.3 Å². The minimum Gasteiger partial charge on any atom is -0.458 e. The van der Waals surface area contributed by atoms with Crippen molar-refractivity contribution in [3.63, 3.8) is 0 Å². The number of fused-ring (bicyclic) bond motifs is 1. The van der Waals surface area contributed by atoms with E-state index in [1.807, 2.05) is 32.0 Å². The van der Waals surface area contributed by atoms with Gasteiger partial charge >= 0.3 is 5.97 Å². The van der Waals surface area contributed by atoms with Gasteiger partial charge in [0.25, 0.3) is 0 Å². The predicted molar refractivity (Wildman–Crippen MR) is 94.4 cm³/mol. The molecular formula is C19H18FN3O2. The Morgan fingerprint density at radius 1 is 1.12 bits per heavy atom. The van der Waals surface area contributed by atoms with Gasteiger partial charge in [-0.2, -0.15) is 0 Å². The van der Waals surface area contributed by atoms with Gasteiger partial charge in [-0.05, 0) is 49.7 Å².